The van der Waals surface area contributed by atoms with Crippen molar-refractivity contribution in [3.8, 4) is 5.75 Å². The van der Waals surface area contributed by atoms with E-state index in [2.05, 4.69) is 26.2 Å². The highest BCUT2D eigenvalue weighted by Gasteiger charge is 2.12. The lowest BCUT2D eigenvalue weighted by Crippen LogP contribution is -2.13. The van der Waals surface area contributed by atoms with Crippen LogP contribution in [0, 0.1) is 0 Å². The van der Waals surface area contributed by atoms with Crippen molar-refractivity contribution >= 4 is 33.2 Å². The Bertz CT molecular complexity index is 814. The molecule has 0 unspecified atom stereocenters. The average molecular weight is 346 g/mol. The molecule has 21 heavy (non-hydrogen) atoms. The molecule has 0 aliphatic rings. The number of imidazole rings is 1. The molecule has 0 spiro atoms. The monoisotopic (exact) mass is 345 g/mol. The van der Waals surface area contributed by atoms with Gasteiger partial charge in [-0.25, -0.2) is 4.98 Å². The minimum absolute atomic E-state index is 0.208. The number of carbonyl (C=O) groups excluding carboxylic acids is 1. The molecule has 0 aliphatic carbocycles. The number of hydrogen-bond acceptors (Lipinski definition) is 3. The first kappa shape index (κ1) is 13.6. The lowest BCUT2D eigenvalue weighted by atomic mass is 10.2. The zero-order chi connectivity index (χ0) is 14.8. The third kappa shape index (κ3) is 2.75. The number of nitrogens with one attached hydrogen (secondary N) is 1. The number of anilines is 1. The Hall–Kier alpha value is -2.34. The third-order valence-electron chi connectivity index (χ3n) is 3.06. The van der Waals surface area contributed by atoms with Crippen LogP contribution in [-0.2, 0) is 0 Å². The molecule has 1 amide bonds. The molecule has 2 aromatic heterocycles. The number of ether oxygens (including phenoxy) is 1. The molecule has 0 radical (unpaired) electrons. The Morgan fingerprint density at radius 2 is 2.19 bits per heavy atom. The third-order valence-corrected chi connectivity index (χ3v) is 3.76. The molecule has 0 aliphatic heterocycles. The minimum atomic E-state index is -0.208. The summed E-state index contributed by atoms with van der Waals surface area (Å²) >= 11 is 3.38. The van der Waals surface area contributed by atoms with E-state index in [1.54, 1.807) is 31.5 Å². The summed E-state index contributed by atoms with van der Waals surface area (Å²) < 4.78 is 7.70. The van der Waals surface area contributed by atoms with Crippen LogP contribution in [0.15, 0.2) is 53.4 Å². The topological polar surface area (TPSA) is 55.6 Å². The lowest BCUT2D eigenvalue weighted by molar-refractivity contribution is 0.102. The van der Waals surface area contributed by atoms with E-state index in [-0.39, 0.29) is 5.91 Å². The smallest absolute Gasteiger partial charge is 0.256 e. The summed E-state index contributed by atoms with van der Waals surface area (Å²) in [5.74, 6) is 0.425. The Kier molecular flexibility index (Phi) is 3.62. The molecule has 106 valence electrons. The number of benzene rings is 1. The molecule has 3 aromatic rings. The number of amides is 1. The molecule has 1 N–H and O–H groups in total. The molecular formula is C15H12BrN3O2. The van der Waals surface area contributed by atoms with E-state index in [0.717, 1.165) is 5.65 Å². The van der Waals surface area contributed by atoms with Crippen molar-refractivity contribution in [2.24, 2.45) is 0 Å². The molecule has 0 saturated carbocycles. The highest BCUT2D eigenvalue weighted by atomic mass is 79.9. The molecule has 1 aromatic carbocycles. The molecule has 0 fully saturated rings. The standard InChI is InChI=1S/C15H12BrN3O2/c1-21-11-3-4-13(16)12(8-11)15(20)18-10-2-5-14-17-6-7-19(14)9-10/h2-9H,1H3,(H,18,20). The summed E-state index contributed by atoms with van der Waals surface area (Å²) in [4.78, 5) is 16.5. The zero-order valence-electron chi connectivity index (χ0n) is 11.2. The van der Waals surface area contributed by atoms with Crippen LogP contribution in [0.2, 0.25) is 0 Å². The van der Waals surface area contributed by atoms with E-state index < -0.39 is 0 Å². The van der Waals surface area contributed by atoms with Crippen molar-refractivity contribution in [3.63, 3.8) is 0 Å². The number of pyridine rings is 1. The second-order valence-electron chi connectivity index (χ2n) is 4.41. The normalized spacial score (nSPS) is 10.6. The summed E-state index contributed by atoms with van der Waals surface area (Å²) in [6.07, 6.45) is 5.35. The van der Waals surface area contributed by atoms with Crippen LogP contribution in [0.1, 0.15) is 10.4 Å². The predicted molar refractivity (Wildman–Crippen MR) is 83.8 cm³/mol. The van der Waals surface area contributed by atoms with Crippen LogP contribution in [0.25, 0.3) is 5.65 Å². The predicted octanol–water partition coefficient (Wildman–Crippen LogP) is 3.36. The van der Waals surface area contributed by atoms with Gasteiger partial charge in [-0.05, 0) is 46.3 Å². The number of aromatic nitrogens is 2. The van der Waals surface area contributed by atoms with Gasteiger partial charge >= 0.3 is 0 Å². The average Bonchev–Trinajstić information content (AvgIpc) is 2.95. The van der Waals surface area contributed by atoms with Gasteiger partial charge in [0.1, 0.15) is 11.4 Å². The molecule has 2 heterocycles. The van der Waals surface area contributed by atoms with E-state index in [1.165, 1.54) is 0 Å². The summed E-state index contributed by atoms with van der Waals surface area (Å²) in [5.41, 5.74) is 2.04. The van der Waals surface area contributed by atoms with Gasteiger partial charge in [0.15, 0.2) is 0 Å². The van der Waals surface area contributed by atoms with Crippen molar-refractivity contribution in [2.75, 3.05) is 12.4 Å². The molecule has 0 saturated heterocycles. The second kappa shape index (κ2) is 5.57. The number of rotatable bonds is 3. The van der Waals surface area contributed by atoms with Crippen molar-refractivity contribution in [2.45, 2.75) is 0 Å². The van der Waals surface area contributed by atoms with Gasteiger partial charge in [-0.2, -0.15) is 0 Å². The Balaban J connectivity index is 1.88. The lowest BCUT2D eigenvalue weighted by Gasteiger charge is -2.09. The van der Waals surface area contributed by atoms with Gasteiger partial charge in [0, 0.05) is 23.1 Å². The summed E-state index contributed by atoms with van der Waals surface area (Å²) in [7, 11) is 1.57. The maximum atomic E-state index is 12.4. The van der Waals surface area contributed by atoms with E-state index in [1.807, 2.05) is 28.9 Å². The van der Waals surface area contributed by atoms with Gasteiger partial charge in [-0.1, -0.05) is 0 Å². The Labute approximate surface area is 129 Å². The molecule has 3 rings (SSSR count). The number of fused-ring (bicyclic) bond motifs is 1. The highest BCUT2D eigenvalue weighted by Crippen LogP contribution is 2.23. The van der Waals surface area contributed by atoms with Gasteiger partial charge in [0.25, 0.3) is 5.91 Å². The van der Waals surface area contributed by atoms with Gasteiger partial charge < -0.3 is 14.5 Å². The Morgan fingerprint density at radius 3 is 3.00 bits per heavy atom. The fourth-order valence-electron chi connectivity index (χ4n) is 2.00. The van der Waals surface area contributed by atoms with Crippen molar-refractivity contribution in [3.05, 3.63) is 59.0 Å². The van der Waals surface area contributed by atoms with Crippen molar-refractivity contribution in [1.82, 2.24) is 9.38 Å². The molecular weight excluding hydrogens is 334 g/mol. The SMILES string of the molecule is COc1ccc(Br)c(C(=O)Nc2ccc3nccn3c2)c1. The van der Waals surface area contributed by atoms with Crippen LogP contribution >= 0.6 is 15.9 Å². The molecule has 0 bridgehead atoms. The minimum Gasteiger partial charge on any atom is -0.497 e. The first-order valence-electron chi connectivity index (χ1n) is 6.25. The maximum absolute atomic E-state index is 12.4. The first-order chi connectivity index (χ1) is 10.2. The fraction of sp³-hybridized carbons (Fsp3) is 0.0667. The number of carbonyl (C=O) groups is 1. The number of methoxy groups -OCH3 is 1. The van der Waals surface area contributed by atoms with Crippen LogP contribution in [-0.4, -0.2) is 22.4 Å². The van der Waals surface area contributed by atoms with E-state index in [9.17, 15) is 4.79 Å². The molecule has 5 nitrogen and oxygen atoms in total. The first-order valence-corrected chi connectivity index (χ1v) is 7.04. The van der Waals surface area contributed by atoms with Crippen LogP contribution in [0.3, 0.4) is 0 Å². The highest BCUT2D eigenvalue weighted by molar-refractivity contribution is 9.10. The maximum Gasteiger partial charge on any atom is 0.256 e. The summed E-state index contributed by atoms with van der Waals surface area (Å²) in [6, 6.07) is 8.92. The van der Waals surface area contributed by atoms with Crippen LogP contribution in [0.5, 0.6) is 5.75 Å². The van der Waals surface area contributed by atoms with Crippen molar-refractivity contribution in [1.29, 1.82) is 0 Å². The summed E-state index contributed by atoms with van der Waals surface area (Å²) in [6.45, 7) is 0. The Morgan fingerprint density at radius 1 is 1.33 bits per heavy atom. The largest absolute Gasteiger partial charge is 0.497 e. The molecule has 0 atom stereocenters. The van der Waals surface area contributed by atoms with Crippen LogP contribution < -0.4 is 10.1 Å². The number of halogens is 1. The van der Waals surface area contributed by atoms with Gasteiger partial charge in [-0.3, -0.25) is 4.79 Å². The van der Waals surface area contributed by atoms with Crippen molar-refractivity contribution < 1.29 is 9.53 Å². The van der Waals surface area contributed by atoms with Gasteiger partial charge in [-0.15, -0.1) is 0 Å². The van der Waals surface area contributed by atoms with Gasteiger partial charge in [0.05, 0.1) is 18.4 Å². The van der Waals surface area contributed by atoms with Crippen LogP contribution in [0.4, 0.5) is 5.69 Å². The number of hydrogen-bond donors (Lipinski definition) is 1. The van der Waals surface area contributed by atoms with E-state index >= 15 is 0 Å². The quantitative estimate of drug-likeness (QED) is 0.791. The number of nitrogens with zero attached hydrogens (tertiary/aromatic N) is 2. The zero-order valence-corrected chi connectivity index (χ0v) is 12.8. The van der Waals surface area contributed by atoms with Gasteiger partial charge in [0.2, 0.25) is 0 Å². The second-order valence-corrected chi connectivity index (χ2v) is 5.26. The van der Waals surface area contributed by atoms with E-state index in [4.69, 9.17) is 4.74 Å². The molecule has 6 heteroatoms. The summed E-state index contributed by atoms with van der Waals surface area (Å²) in [5, 5.41) is 2.86. The van der Waals surface area contributed by atoms with E-state index in [0.29, 0.717) is 21.5 Å². The fourth-order valence-corrected chi connectivity index (χ4v) is 2.42.